The summed E-state index contributed by atoms with van der Waals surface area (Å²) < 4.78 is 5.28. The molecule has 20 heavy (non-hydrogen) atoms. The van der Waals surface area contributed by atoms with Crippen LogP contribution in [0.25, 0.3) is 0 Å². The predicted molar refractivity (Wildman–Crippen MR) is 73.1 cm³/mol. The molecule has 2 amide bonds. The van der Waals surface area contributed by atoms with Crippen molar-refractivity contribution in [3.05, 3.63) is 53.2 Å². The standard InChI is InChI=1S/C15H12N2O3/c1-9-7-8-16-13(12(9)20-2)17-14(18)10-5-3-4-6-11(10)15(17)19/h3-8H,1-2H3. The third kappa shape index (κ3) is 1.60. The number of nitrogens with zero attached hydrogens (tertiary/aromatic N) is 2. The minimum Gasteiger partial charge on any atom is -0.493 e. The van der Waals surface area contributed by atoms with Crippen LogP contribution in [0.2, 0.25) is 0 Å². The first kappa shape index (κ1) is 12.3. The molecular formula is C15H12N2O3. The number of hydrogen-bond acceptors (Lipinski definition) is 4. The summed E-state index contributed by atoms with van der Waals surface area (Å²) in [5.41, 5.74) is 1.60. The number of fused-ring (bicyclic) bond motifs is 1. The van der Waals surface area contributed by atoms with Crippen molar-refractivity contribution < 1.29 is 14.3 Å². The Morgan fingerprint density at radius 3 is 2.20 bits per heavy atom. The largest absolute Gasteiger partial charge is 0.493 e. The smallest absolute Gasteiger partial charge is 0.267 e. The maximum atomic E-state index is 12.4. The normalized spacial score (nSPS) is 13.6. The van der Waals surface area contributed by atoms with E-state index in [9.17, 15) is 9.59 Å². The van der Waals surface area contributed by atoms with E-state index in [2.05, 4.69) is 4.98 Å². The number of carbonyl (C=O) groups is 2. The Morgan fingerprint density at radius 2 is 1.65 bits per heavy atom. The number of aryl methyl sites for hydroxylation is 1. The van der Waals surface area contributed by atoms with Crippen LogP contribution in [0.4, 0.5) is 5.82 Å². The van der Waals surface area contributed by atoms with Gasteiger partial charge in [0, 0.05) is 6.20 Å². The number of anilines is 1. The molecule has 2 heterocycles. The number of amides is 2. The number of benzene rings is 1. The maximum Gasteiger partial charge on any atom is 0.267 e. The minimum atomic E-state index is -0.373. The summed E-state index contributed by atoms with van der Waals surface area (Å²) in [5, 5.41) is 0. The van der Waals surface area contributed by atoms with Gasteiger partial charge < -0.3 is 4.74 Å². The zero-order chi connectivity index (χ0) is 14.3. The van der Waals surface area contributed by atoms with Gasteiger partial charge in [-0.05, 0) is 30.7 Å². The van der Waals surface area contributed by atoms with E-state index in [0.717, 1.165) is 10.5 Å². The monoisotopic (exact) mass is 268 g/mol. The van der Waals surface area contributed by atoms with Gasteiger partial charge in [0.2, 0.25) is 0 Å². The van der Waals surface area contributed by atoms with E-state index in [0.29, 0.717) is 16.9 Å². The van der Waals surface area contributed by atoms with Crippen molar-refractivity contribution in [2.24, 2.45) is 0 Å². The van der Waals surface area contributed by atoms with Crippen molar-refractivity contribution >= 4 is 17.6 Å². The molecule has 0 aliphatic carbocycles. The highest BCUT2D eigenvalue weighted by atomic mass is 16.5. The lowest BCUT2D eigenvalue weighted by Gasteiger charge is -2.17. The predicted octanol–water partition coefficient (Wildman–Crippen LogP) is 2.20. The summed E-state index contributed by atoms with van der Waals surface area (Å²) >= 11 is 0. The van der Waals surface area contributed by atoms with Gasteiger partial charge in [0.25, 0.3) is 11.8 Å². The lowest BCUT2D eigenvalue weighted by Crippen LogP contribution is -2.30. The van der Waals surface area contributed by atoms with E-state index >= 15 is 0 Å². The molecule has 2 aromatic rings. The topological polar surface area (TPSA) is 59.5 Å². The zero-order valence-corrected chi connectivity index (χ0v) is 11.1. The summed E-state index contributed by atoms with van der Waals surface area (Å²) in [7, 11) is 1.49. The number of pyridine rings is 1. The molecule has 0 radical (unpaired) electrons. The summed E-state index contributed by atoms with van der Waals surface area (Å²) in [5.74, 6) is -0.0790. The molecule has 0 spiro atoms. The van der Waals surface area contributed by atoms with Crippen LogP contribution < -0.4 is 9.64 Å². The molecule has 1 aromatic heterocycles. The van der Waals surface area contributed by atoms with E-state index in [1.807, 2.05) is 6.92 Å². The number of carbonyl (C=O) groups excluding carboxylic acids is 2. The highest BCUT2D eigenvalue weighted by Crippen LogP contribution is 2.34. The molecule has 100 valence electrons. The lowest BCUT2D eigenvalue weighted by molar-refractivity contribution is 0.0924. The Balaban J connectivity index is 2.17. The minimum absolute atomic E-state index is 0.235. The van der Waals surface area contributed by atoms with Crippen molar-refractivity contribution in [3.8, 4) is 5.75 Å². The van der Waals surface area contributed by atoms with Crippen LogP contribution in [-0.2, 0) is 0 Å². The molecule has 5 heteroatoms. The summed E-state index contributed by atoms with van der Waals surface area (Å²) in [6.07, 6.45) is 1.55. The average Bonchev–Trinajstić information content (AvgIpc) is 2.71. The Bertz CT molecular complexity index is 690. The molecule has 0 saturated carbocycles. The fraction of sp³-hybridized carbons (Fsp3) is 0.133. The second-order valence-electron chi connectivity index (χ2n) is 4.48. The molecule has 0 unspecified atom stereocenters. The molecule has 1 aliphatic rings. The molecule has 0 saturated heterocycles. The molecule has 0 N–H and O–H groups in total. The highest BCUT2D eigenvalue weighted by molar-refractivity contribution is 6.34. The van der Waals surface area contributed by atoms with Crippen LogP contribution in [0.5, 0.6) is 5.75 Å². The maximum absolute atomic E-state index is 12.4. The molecule has 5 nitrogen and oxygen atoms in total. The second kappa shape index (κ2) is 4.45. The number of aromatic nitrogens is 1. The Kier molecular flexibility index (Phi) is 2.75. The lowest BCUT2D eigenvalue weighted by atomic mass is 10.1. The molecule has 1 aromatic carbocycles. The van der Waals surface area contributed by atoms with E-state index in [1.165, 1.54) is 7.11 Å². The molecule has 1 aliphatic heterocycles. The van der Waals surface area contributed by atoms with Crippen LogP contribution in [0.15, 0.2) is 36.5 Å². The molecule has 0 fully saturated rings. The van der Waals surface area contributed by atoms with E-state index in [4.69, 9.17) is 4.74 Å². The van der Waals surface area contributed by atoms with Crippen LogP contribution in [0.1, 0.15) is 26.3 Å². The van der Waals surface area contributed by atoms with Gasteiger partial charge in [0.05, 0.1) is 18.2 Å². The van der Waals surface area contributed by atoms with Crippen LogP contribution >= 0.6 is 0 Å². The van der Waals surface area contributed by atoms with Crippen molar-refractivity contribution in [1.29, 1.82) is 0 Å². The van der Waals surface area contributed by atoms with Crippen LogP contribution in [0.3, 0.4) is 0 Å². The van der Waals surface area contributed by atoms with Crippen molar-refractivity contribution in [3.63, 3.8) is 0 Å². The SMILES string of the molecule is COc1c(C)ccnc1N1C(=O)c2ccccc2C1=O. The molecule has 0 atom stereocenters. The van der Waals surface area contributed by atoms with Gasteiger partial charge in [-0.3, -0.25) is 9.59 Å². The Labute approximate surface area is 115 Å². The fourth-order valence-corrected chi connectivity index (χ4v) is 2.32. The van der Waals surface area contributed by atoms with Gasteiger partial charge >= 0.3 is 0 Å². The molecule has 0 bridgehead atoms. The van der Waals surface area contributed by atoms with E-state index in [1.54, 1.807) is 36.5 Å². The summed E-state index contributed by atoms with van der Waals surface area (Å²) in [4.78, 5) is 30.0. The summed E-state index contributed by atoms with van der Waals surface area (Å²) in [6, 6.07) is 8.50. The number of hydrogen-bond donors (Lipinski definition) is 0. The van der Waals surface area contributed by atoms with Gasteiger partial charge in [-0.25, -0.2) is 9.88 Å². The third-order valence-corrected chi connectivity index (χ3v) is 3.29. The first-order valence-corrected chi connectivity index (χ1v) is 6.12. The Hall–Kier alpha value is -2.69. The van der Waals surface area contributed by atoms with Crippen molar-refractivity contribution in [2.75, 3.05) is 12.0 Å². The molecule has 3 rings (SSSR count). The highest BCUT2D eigenvalue weighted by Gasteiger charge is 2.38. The number of imide groups is 1. The van der Waals surface area contributed by atoms with Crippen molar-refractivity contribution in [1.82, 2.24) is 4.98 Å². The number of rotatable bonds is 2. The van der Waals surface area contributed by atoms with Crippen molar-refractivity contribution in [2.45, 2.75) is 6.92 Å². The van der Waals surface area contributed by atoms with Crippen LogP contribution in [-0.4, -0.2) is 23.9 Å². The van der Waals surface area contributed by atoms with Gasteiger partial charge in [0.15, 0.2) is 11.6 Å². The number of methoxy groups -OCH3 is 1. The Morgan fingerprint density at radius 1 is 1.05 bits per heavy atom. The second-order valence-corrected chi connectivity index (χ2v) is 4.48. The van der Waals surface area contributed by atoms with E-state index < -0.39 is 0 Å². The van der Waals surface area contributed by atoms with Crippen LogP contribution in [0, 0.1) is 6.92 Å². The van der Waals surface area contributed by atoms with Gasteiger partial charge in [-0.1, -0.05) is 12.1 Å². The first-order valence-electron chi connectivity index (χ1n) is 6.12. The number of ether oxygens (including phenoxy) is 1. The fourth-order valence-electron chi connectivity index (χ4n) is 2.32. The summed E-state index contributed by atoms with van der Waals surface area (Å²) in [6.45, 7) is 1.84. The third-order valence-electron chi connectivity index (χ3n) is 3.29. The first-order chi connectivity index (χ1) is 9.65. The van der Waals surface area contributed by atoms with Gasteiger partial charge in [-0.2, -0.15) is 0 Å². The quantitative estimate of drug-likeness (QED) is 0.783. The average molecular weight is 268 g/mol. The zero-order valence-electron chi connectivity index (χ0n) is 11.1. The molecular weight excluding hydrogens is 256 g/mol. The van der Waals surface area contributed by atoms with Gasteiger partial charge in [-0.15, -0.1) is 0 Å². The van der Waals surface area contributed by atoms with Gasteiger partial charge in [0.1, 0.15) is 0 Å². The van der Waals surface area contributed by atoms with E-state index in [-0.39, 0.29) is 17.6 Å².